The van der Waals surface area contributed by atoms with Gasteiger partial charge in [-0.15, -0.1) is 0 Å². The second kappa shape index (κ2) is 5.39. The zero-order chi connectivity index (χ0) is 14.8. The summed E-state index contributed by atoms with van der Waals surface area (Å²) in [6, 6.07) is 1.63. The van der Waals surface area contributed by atoms with E-state index >= 15 is 0 Å². The minimum atomic E-state index is -0.434. The fraction of sp³-hybridized carbons (Fsp3) is 0.385. The number of H-pyrrole nitrogens is 2. The molecule has 0 saturated carbocycles. The van der Waals surface area contributed by atoms with E-state index in [1.807, 2.05) is 0 Å². The Hall–Kier alpha value is -2.64. The SMILES string of the molecule is O=C(NCCn1nc2c(cc1=O)CCC2)c1c[nH]c(=O)[nH]1. The van der Waals surface area contributed by atoms with Crippen molar-refractivity contribution in [2.24, 2.45) is 0 Å². The first-order valence-electron chi connectivity index (χ1n) is 6.79. The van der Waals surface area contributed by atoms with Crippen LogP contribution in [0.15, 0.2) is 21.9 Å². The molecule has 1 aliphatic carbocycles. The standard InChI is InChI=1S/C13H15N5O3/c19-11-6-8-2-1-3-9(8)17-18(11)5-4-14-12(20)10-7-15-13(21)16-10/h6-7H,1-5H2,(H,14,20)(H2,15,16,21). The fourth-order valence-electron chi connectivity index (χ4n) is 2.42. The Morgan fingerprint density at radius 2 is 2.24 bits per heavy atom. The summed E-state index contributed by atoms with van der Waals surface area (Å²) < 4.78 is 1.37. The van der Waals surface area contributed by atoms with E-state index in [9.17, 15) is 14.4 Å². The first-order chi connectivity index (χ1) is 10.1. The first kappa shape index (κ1) is 13.3. The summed E-state index contributed by atoms with van der Waals surface area (Å²) >= 11 is 0. The van der Waals surface area contributed by atoms with E-state index in [0.717, 1.165) is 30.5 Å². The van der Waals surface area contributed by atoms with E-state index < -0.39 is 11.6 Å². The van der Waals surface area contributed by atoms with Gasteiger partial charge in [0.15, 0.2) is 0 Å². The molecule has 0 unspecified atom stereocenters. The monoisotopic (exact) mass is 289 g/mol. The van der Waals surface area contributed by atoms with Gasteiger partial charge in [-0.3, -0.25) is 9.59 Å². The molecule has 21 heavy (non-hydrogen) atoms. The van der Waals surface area contributed by atoms with Gasteiger partial charge in [-0.1, -0.05) is 0 Å². The summed E-state index contributed by atoms with van der Waals surface area (Å²) in [4.78, 5) is 39.2. The van der Waals surface area contributed by atoms with Crippen LogP contribution >= 0.6 is 0 Å². The van der Waals surface area contributed by atoms with E-state index in [4.69, 9.17) is 0 Å². The molecule has 0 radical (unpaired) electrons. The van der Waals surface area contributed by atoms with Crippen molar-refractivity contribution in [2.75, 3.05) is 6.54 Å². The Morgan fingerprint density at radius 1 is 1.38 bits per heavy atom. The van der Waals surface area contributed by atoms with Crippen molar-refractivity contribution in [1.82, 2.24) is 25.1 Å². The molecule has 2 heterocycles. The second-order valence-corrected chi connectivity index (χ2v) is 4.94. The smallest absolute Gasteiger partial charge is 0.323 e. The third-order valence-electron chi connectivity index (χ3n) is 3.47. The molecular formula is C13H15N5O3. The van der Waals surface area contributed by atoms with Gasteiger partial charge in [0.25, 0.3) is 11.5 Å². The number of aromatic amines is 2. The third kappa shape index (κ3) is 2.78. The van der Waals surface area contributed by atoms with Gasteiger partial charge in [0.05, 0.1) is 12.2 Å². The molecule has 2 aromatic heterocycles. The third-order valence-corrected chi connectivity index (χ3v) is 3.47. The maximum absolute atomic E-state index is 11.9. The quantitative estimate of drug-likeness (QED) is 0.682. The van der Waals surface area contributed by atoms with Crippen LogP contribution in [0.3, 0.4) is 0 Å². The molecule has 3 N–H and O–H groups in total. The molecule has 2 aromatic rings. The van der Waals surface area contributed by atoms with Crippen LogP contribution in [0, 0.1) is 0 Å². The molecule has 0 atom stereocenters. The van der Waals surface area contributed by atoms with Crippen molar-refractivity contribution in [3.8, 4) is 0 Å². The number of nitrogens with one attached hydrogen (secondary N) is 3. The number of imidazole rings is 1. The molecule has 0 aliphatic heterocycles. The van der Waals surface area contributed by atoms with Gasteiger partial charge in [-0.05, 0) is 24.8 Å². The van der Waals surface area contributed by atoms with Crippen LogP contribution in [0.1, 0.15) is 28.2 Å². The highest BCUT2D eigenvalue weighted by atomic mass is 16.2. The van der Waals surface area contributed by atoms with Crippen molar-refractivity contribution in [1.29, 1.82) is 0 Å². The maximum atomic E-state index is 11.9. The number of aryl methyl sites for hydroxylation is 2. The number of aromatic nitrogens is 4. The molecule has 8 heteroatoms. The minimum Gasteiger partial charge on any atom is -0.349 e. The van der Waals surface area contributed by atoms with Crippen LogP contribution in [0.4, 0.5) is 0 Å². The lowest BCUT2D eigenvalue weighted by molar-refractivity contribution is 0.0947. The molecule has 0 spiro atoms. The van der Waals surface area contributed by atoms with Gasteiger partial charge in [-0.2, -0.15) is 5.10 Å². The largest absolute Gasteiger partial charge is 0.349 e. The van der Waals surface area contributed by atoms with Gasteiger partial charge in [0.1, 0.15) is 5.69 Å². The van der Waals surface area contributed by atoms with Gasteiger partial charge in [0, 0.05) is 18.8 Å². The van der Waals surface area contributed by atoms with Gasteiger partial charge < -0.3 is 15.3 Å². The van der Waals surface area contributed by atoms with Crippen molar-refractivity contribution in [2.45, 2.75) is 25.8 Å². The Morgan fingerprint density at radius 3 is 3.00 bits per heavy atom. The number of amides is 1. The predicted octanol–water partition coefficient (Wildman–Crippen LogP) is -0.822. The number of nitrogens with zero attached hydrogens (tertiary/aromatic N) is 2. The zero-order valence-corrected chi connectivity index (χ0v) is 11.3. The van der Waals surface area contributed by atoms with Crippen LogP contribution < -0.4 is 16.6 Å². The number of fused-ring (bicyclic) bond motifs is 1. The van der Waals surface area contributed by atoms with Crippen LogP contribution in [-0.2, 0) is 19.4 Å². The summed E-state index contributed by atoms with van der Waals surface area (Å²) in [5, 5.41) is 6.94. The summed E-state index contributed by atoms with van der Waals surface area (Å²) in [5.74, 6) is -0.400. The lowest BCUT2D eigenvalue weighted by Gasteiger charge is -2.07. The average Bonchev–Trinajstić information content (AvgIpc) is 3.07. The number of carbonyl (C=O) groups excluding carboxylic acids is 1. The van der Waals surface area contributed by atoms with Crippen molar-refractivity contribution in [3.63, 3.8) is 0 Å². The highest BCUT2D eigenvalue weighted by Crippen LogP contribution is 2.16. The van der Waals surface area contributed by atoms with E-state index in [-0.39, 0.29) is 17.8 Å². The average molecular weight is 289 g/mol. The van der Waals surface area contributed by atoms with E-state index in [2.05, 4.69) is 20.4 Å². The molecule has 0 bridgehead atoms. The molecular weight excluding hydrogens is 274 g/mol. The molecule has 0 saturated heterocycles. The van der Waals surface area contributed by atoms with E-state index in [1.165, 1.54) is 10.9 Å². The molecule has 1 aliphatic rings. The molecule has 110 valence electrons. The Kier molecular flexibility index (Phi) is 3.43. The topological polar surface area (TPSA) is 113 Å². The Bertz CT molecular complexity index is 786. The lowest BCUT2D eigenvalue weighted by Crippen LogP contribution is -2.32. The van der Waals surface area contributed by atoms with Crippen molar-refractivity contribution in [3.05, 3.63) is 50.1 Å². The summed E-state index contributed by atoms with van der Waals surface area (Å²) in [6.07, 6.45) is 4.14. The Balaban J connectivity index is 1.62. The van der Waals surface area contributed by atoms with E-state index in [0.29, 0.717) is 6.54 Å². The van der Waals surface area contributed by atoms with Crippen LogP contribution in [0.2, 0.25) is 0 Å². The summed E-state index contributed by atoms with van der Waals surface area (Å²) in [7, 11) is 0. The first-order valence-corrected chi connectivity index (χ1v) is 6.79. The molecule has 0 aromatic carbocycles. The fourth-order valence-corrected chi connectivity index (χ4v) is 2.42. The highest BCUT2D eigenvalue weighted by molar-refractivity contribution is 5.91. The number of hydrogen-bond acceptors (Lipinski definition) is 4. The zero-order valence-electron chi connectivity index (χ0n) is 11.3. The molecule has 1 amide bonds. The number of carbonyl (C=O) groups is 1. The normalized spacial score (nSPS) is 13.1. The summed E-state index contributed by atoms with van der Waals surface area (Å²) in [5.41, 5.74) is 1.58. The van der Waals surface area contributed by atoms with Crippen molar-refractivity contribution < 1.29 is 4.79 Å². The number of rotatable bonds is 4. The predicted molar refractivity (Wildman–Crippen MR) is 74.3 cm³/mol. The van der Waals surface area contributed by atoms with Gasteiger partial charge in [-0.25, -0.2) is 9.48 Å². The molecule has 3 rings (SSSR count). The molecule has 0 fully saturated rings. The lowest BCUT2D eigenvalue weighted by atomic mass is 10.2. The summed E-state index contributed by atoms with van der Waals surface area (Å²) in [6.45, 7) is 0.560. The second-order valence-electron chi connectivity index (χ2n) is 4.94. The highest BCUT2D eigenvalue weighted by Gasteiger charge is 2.14. The Labute approximate surface area is 119 Å². The van der Waals surface area contributed by atoms with Gasteiger partial charge >= 0.3 is 5.69 Å². The van der Waals surface area contributed by atoms with Crippen LogP contribution in [-0.4, -0.2) is 32.2 Å². The maximum Gasteiger partial charge on any atom is 0.323 e. The van der Waals surface area contributed by atoms with E-state index in [1.54, 1.807) is 6.07 Å². The number of hydrogen-bond donors (Lipinski definition) is 3. The van der Waals surface area contributed by atoms with Crippen LogP contribution in [0.5, 0.6) is 0 Å². The van der Waals surface area contributed by atoms with Crippen molar-refractivity contribution >= 4 is 5.91 Å². The minimum absolute atomic E-state index is 0.153. The van der Waals surface area contributed by atoms with Gasteiger partial charge in [0.2, 0.25) is 0 Å². The van der Waals surface area contributed by atoms with Crippen LogP contribution in [0.25, 0.3) is 0 Å². The molecule has 8 nitrogen and oxygen atoms in total.